The predicted octanol–water partition coefficient (Wildman–Crippen LogP) is 4.03. The lowest BCUT2D eigenvalue weighted by Gasteiger charge is -2.25. The molecule has 5 heteroatoms. The molecule has 128 valence electrons. The number of para-hydroxylation sites is 3. The molecule has 0 bridgehead atoms. The Balaban J connectivity index is 1.53. The van der Waals surface area contributed by atoms with Gasteiger partial charge in [0.2, 0.25) is 5.91 Å². The number of hydrogen-bond donors (Lipinski definition) is 1. The van der Waals surface area contributed by atoms with Gasteiger partial charge < -0.3 is 5.32 Å². The molecule has 4 rings (SSSR count). The Bertz CT molecular complexity index is 871. The van der Waals surface area contributed by atoms with E-state index in [9.17, 15) is 4.79 Å². The zero-order chi connectivity index (χ0) is 17.1. The van der Waals surface area contributed by atoms with E-state index in [0.717, 1.165) is 28.4 Å². The van der Waals surface area contributed by atoms with Crippen molar-refractivity contribution in [3.05, 3.63) is 54.6 Å². The van der Waals surface area contributed by atoms with Gasteiger partial charge in [0.1, 0.15) is 0 Å². The smallest absolute Gasteiger partial charge is 0.230 e. The van der Waals surface area contributed by atoms with Crippen molar-refractivity contribution in [2.45, 2.75) is 24.4 Å². The molecule has 1 fully saturated rings. The molecule has 0 unspecified atom stereocenters. The van der Waals surface area contributed by atoms with Gasteiger partial charge in [-0.15, -0.1) is 0 Å². The van der Waals surface area contributed by atoms with Gasteiger partial charge in [0.05, 0.1) is 16.8 Å². The normalized spacial score (nSPS) is 14.4. The molecule has 0 atom stereocenters. The van der Waals surface area contributed by atoms with E-state index in [1.165, 1.54) is 31.0 Å². The lowest BCUT2D eigenvalue weighted by molar-refractivity contribution is -0.118. The number of nitrogens with one attached hydrogen (secondary N) is 1. The van der Waals surface area contributed by atoms with Crippen molar-refractivity contribution >= 4 is 28.7 Å². The average molecular weight is 351 g/mol. The van der Waals surface area contributed by atoms with Crippen LogP contribution in [0.1, 0.15) is 19.3 Å². The number of amides is 1. The minimum Gasteiger partial charge on any atom is -0.355 e. The summed E-state index contributed by atoms with van der Waals surface area (Å²) in [6.45, 7) is 0.814. The molecule has 1 saturated carbocycles. The van der Waals surface area contributed by atoms with E-state index in [1.807, 2.05) is 36.4 Å². The third kappa shape index (κ3) is 3.56. The maximum Gasteiger partial charge on any atom is 0.230 e. The minimum absolute atomic E-state index is 0.0866. The quantitative estimate of drug-likeness (QED) is 0.682. The standard InChI is InChI=1S/C20H21N3OS/c24-19(21-13-15-7-6-8-15)14-25-20-22-17-11-4-5-12-18(17)23(20)16-9-2-1-3-10-16/h1-5,9-12,15H,6-8,13-14H2,(H,21,24). The Morgan fingerprint density at radius 1 is 1.12 bits per heavy atom. The zero-order valence-electron chi connectivity index (χ0n) is 14.0. The average Bonchev–Trinajstić information content (AvgIpc) is 2.98. The summed E-state index contributed by atoms with van der Waals surface area (Å²) in [7, 11) is 0. The number of rotatable bonds is 6. The van der Waals surface area contributed by atoms with Crippen LogP contribution >= 0.6 is 11.8 Å². The van der Waals surface area contributed by atoms with Crippen LogP contribution in [0.25, 0.3) is 16.7 Å². The highest BCUT2D eigenvalue weighted by Crippen LogP contribution is 2.28. The van der Waals surface area contributed by atoms with Gasteiger partial charge >= 0.3 is 0 Å². The lowest BCUT2D eigenvalue weighted by Crippen LogP contribution is -2.33. The van der Waals surface area contributed by atoms with Gasteiger partial charge in [-0.3, -0.25) is 9.36 Å². The van der Waals surface area contributed by atoms with Crippen LogP contribution in [0.5, 0.6) is 0 Å². The molecule has 0 radical (unpaired) electrons. The van der Waals surface area contributed by atoms with Crippen LogP contribution < -0.4 is 5.32 Å². The van der Waals surface area contributed by atoms with Crippen LogP contribution in [0.4, 0.5) is 0 Å². The Morgan fingerprint density at radius 3 is 2.64 bits per heavy atom. The van der Waals surface area contributed by atoms with E-state index in [2.05, 4.69) is 28.1 Å². The second-order valence-electron chi connectivity index (χ2n) is 6.44. The lowest BCUT2D eigenvalue weighted by atomic mass is 9.85. The van der Waals surface area contributed by atoms with Crippen molar-refractivity contribution in [1.82, 2.24) is 14.9 Å². The summed E-state index contributed by atoms with van der Waals surface area (Å²) < 4.78 is 2.12. The van der Waals surface area contributed by atoms with Crippen LogP contribution in [-0.4, -0.2) is 27.8 Å². The third-order valence-corrected chi connectivity index (χ3v) is 5.63. The monoisotopic (exact) mass is 351 g/mol. The first-order chi connectivity index (χ1) is 12.3. The van der Waals surface area contributed by atoms with Crippen LogP contribution in [0, 0.1) is 5.92 Å². The van der Waals surface area contributed by atoms with Gasteiger partial charge in [0, 0.05) is 12.2 Å². The van der Waals surface area contributed by atoms with E-state index in [-0.39, 0.29) is 5.91 Å². The van der Waals surface area contributed by atoms with Gasteiger partial charge in [-0.2, -0.15) is 0 Å². The highest BCUT2D eigenvalue weighted by molar-refractivity contribution is 7.99. The van der Waals surface area contributed by atoms with Crippen molar-refractivity contribution < 1.29 is 4.79 Å². The summed E-state index contributed by atoms with van der Waals surface area (Å²) in [6, 6.07) is 18.3. The third-order valence-electron chi connectivity index (χ3n) is 4.69. The summed E-state index contributed by atoms with van der Waals surface area (Å²) in [4.78, 5) is 16.9. The molecule has 2 aromatic carbocycles. The summed E-state index contributed by atoms with van der Waals surface area (Å²) in [6.07, 6.45) is 3.80. The van der Waals surface area contributed by atoms with Crippen molar-refractivity contribution in [2.75, 3.05) is 12.3 Å². The van der Waals surface area contributed by atoms with Crippen molar-refractivity contribution in [1.29, 1.82) is 0 Å². The van der Waals surface area contributed by atoms with E-state index < -0.39 is 0 Å². The number of nitrogens with zero attached hydrogens (tertiary/aromatic N) is 2. The van der Waals surface area contributed by atoms with Gasteiger partial charge in [-0.1, -0.05) is 48.5 Å². The molecule has 0 aliphatic heterocycles. The Labute approximate surface area is 151 Å². The molecule has 1 amide bonds. The fourth-order valence-electron chi connectivity index (χ4n) is 3.06. The molecule has 0 spiro atoms. The number of thioether (sulfide) groups is 1. The Kier molecular flexibility index (Phi) is 4.74. The number of aromatic nitrogens is 2. The van der Waals surface area contributed by atoms with Gasteiger partial charge in [0.25, 0.3) is 0 Å². The van der Waals surface area contributed by atoms with Gasteiger partial charge in [-0.05, 0) is 43.0 Å². The first-order valence-electron chi connectivity index (χ1n) is 8.73. The van der Waals surface area contributed by atoms with E-state index in [1.54, 1.807) is 0 Å². The maximum absolute atomic E-state index is 12.2. The summed E-state index contributed by atoms with van der Waals surface area (Å²) >= 11 is 1.49. The fraction of sp³-hybridized carbons (Fsp3) is 0.300. The number of benzene rings is 2. The Morgan fingerprint density at radius 2 is 1.88 bits per heavy atom. The van der Waals surface area contributed by atoms with Crippen LogP contribution in [0.3, 0.4) is 0 Å². The molecule has 25 heavy (non-hydrogen) atoms. The molecule has 3 aromatic rings. The number of fused-ring (bicyclic) bond motifs is 1. The molecule has 1 aliphatic carbocycles. The molecular formula is C20H21N3OS. The summed E-state index contributed by atoms with van der Waals surface area (Å²) in [5, 5.41) is 3.90. The largest absolute Gasteiger partial charge is 0.355 e. The van der Waals surface area contributed by atoms with Gasteiger partial charge in [-0.25, -0.2) is 4.98 Å². The Hall–Kier alpha value is -2.27. The number of hydrogen-bond acceptors (Lipinski definition) is 3. The molecule has 1 heterocycles. The number of carbonyl (C=O) groups is 1. The van der Waals surface area contributed by atoms with Crippen LogP contribution in [-0.2, 0) is 4.79 Å². The predicted molar refractivity (Wildman–Crippen MR) is 102 cm³/mol. The molecule has 4 nitrogen and oxygen atoms in total. The second-order valence-corrected chi connectivity index (χ2v) is 7.39. The summed E-state index contributed by atoms with van der Waals surface area (Å²) in [5.41, 5.74) is 3.07. The molecule has 1 N–H and O–H groups in total. The summed E-state index contributed by atoms with van der Waals surface area (Å²) in [5.74, 6) is 1.16. The van der Waals surface area contributed by atoms with Crippen molar-refractivity contribution in [3.8, 4) is 5.69 Å². The molecule has 1 aromatic heterocycles. The first-order valence-corrected chi connectivity index (χ1v) is 9.72. The zero-order valence-corrected chi connectivity index (χ0v) is 14.8. The maximum atomic E-state index is 12.2. The van der Waals surface area contributed by atoms with Crippen LogP contribution in [0.15, 0.2) is 59.8 Å². The number of imidazole rings is 1. The highest BCUT2D eigenvalue weighted by atomic mass is 32.2. The van der Waals surface area contributed by atoms with Crippen LogP contribution in [0.2, 0.25) is 0 Å². The SMILES string of the molecule is O=C(CSc1nc2ccccc2n1-c1ccccc1)NCC1CCC1. The first kappa shape index (κ1) is 16.2. The fourth-order valence-corrected chi connectivity index (χ4v) is 3.92. The molecule has 0 saturated heterocycles. The minimum atomic E-state index is 0.0866. The van der Waals surface area contributed by atoms with E-state index in [0.29, 0.717) is 11.7 Å². The van der Waals surface area contributed by atoms with E-state index in [4.69, 9.17) is 4.98 Å². The van der Waals surface area contributed by atoms with Crippen molar-refractivity contribution in [2.24, 2.45) is 5.92 Å². The topological polar surface area (TPSA) is 46.9 Å². The highest BCUT2D eigenvalue weighted by Gasteiger charge is 2.18. The second kappa shape index (κ2) is 7.31. The van der Waals surface area contributed by atoms with Gasteiger partial charge in [0.15, 0.2) is 5.16 Å². The molecule has 1 aliphatic rings. The van der Waals surface area contributed by atoms with E-state index >= 15 is 0 Å². The number of carbonyl (C=O) groups excluding carboxylic acids is 1. The molecular weight excluding hydrogens is 330 g/mol. The van der Waals surface area contributed by atoms with Crippen molar-refractivity contribution in [3.63, 3.8) is 0 Å².